The van der Waals surface area contributed by atoms with Crippen LogP contribution in [-0.4, -0.2) is 70.9 Å². The van der Waals surface area contributed by atoms with E-state index in [1.807, 2.05) is 35.0 Å². The van der Waals surface area contributed by atoms with Gasteiger partial charge in [0.25, 0.3) is 0 Å². The fourth-order valence-electron chi connectivity index (χ4n) is 2.76. The minimum Gasteiger partial charge on any atom is -0.375 e. The van der Waals surface area contributed by atoms with E-state index in [9.17, 15) is 9.59 Å². The number of carbonyl (C=O) groups is 2. The molecule has 1 fully saturated rings. The molecule has 3 rings (SSSR count). The van der Waals surface area contributed by atoms with Crippen LogP contribution in [0.5, 0.6) is 0 Å². The molecule has 1 saturated heterocycles. The van der Waals surface area contributed by atoms with Gasteiger partial charge in [0, 0.05) is 45.7 Å². The number of imidazole rings is 1. The quantitative estimate of drug-likeness (QED) is 0.808. The van der Waals surface area contributed by atoms with Gasteiger partial charge in [-0.1, -0.05) is 6.07 Å². The van der Waals surface area contributed by atoms with E-state index in [4.69, 9.17) is 4.74 Å². The van der Waals surface area contributed by atoms with Crippen LogP contribution in [0.3, 0.4) is 0 Å². The summed E-state index contributed by atoms with van der Waals surface area (Å²) < 4.78 is 6.76. The van der Waals surface area contributed by atoms with Crippen molar-refractivity contribution in [2.45, 2.75) is 6.42 Å². The van der Waals surface area contributed by atoms with Gasteiger partial charge in [-0.05, 0) is 12.1 Å². The summed E-state index contributed by atoms with van der Waals surface area (Å²) in [5.74, 6) is 0.0206. The lowest BCUT2D eigenvalue weighted by molar-refractivity contribution is -0.141. The highest BCUT2D eigenvalue weighted by molar-refractivity contribution is 5.80. The van der Waals surface area contributed by atoms with Crippen LogP contribution in [0, 0.1) is 0 Å². The number of aromatic nitrogens is 2. The molecule has 0 spiro atoms. The Labute approximate surface area is 134 Å². The van der Waals surface area contributed by atoms with Crippen molar-refractivity contribution >= 4 is 17.5 Å². The Balaban J connectivity index is 1.56. The minimum atomic E-state index is -0.0278. The number of hydrogen-bond donors (Lipinski definition) is 0. The number of amides is 2. The standard InChI is InChI=1S/C16H20N4O3/c1-23-12-16(22)19-8-6-18(7-9-19)15(21)10-13-11-20-5-3-2-4-14(20)17-13/h2-5,11H,6-10,12H2,1H3. The van der Waals surface area contributed by atoms with E-state index in [1.54, 1.807) is 9.80 Å². The Bertz CT molecular complexity index is 671. The summed E-state index contributed by atoms with van der Waals surface area (Å²) in [6.45, 7) is 2.32. The highest BCUT2D eigenvalue weighted by Crippen LogP contribution is 2.09. The molecular formula is C16H20N4O3. The summed E-state index contributed by atoms with van der Waals surface area (Å²) in [5, 5.41) is 0. The fraction of sp³-hybridized carbons (Fsp3) is 0.438. The monoisotopic (exact) mass is 316 g/mol. The van der Waals surface area contributed by atoms with Crippen LogP contribution in [0.4, 0.5) is 0 Å². The largest absolute Gasteiger partial charge is 0.375 e. The molecule has 2 aromatic rings. The van der Waals surface area contributed by atoms with Crippen molar-refractivity contribution in [1.82, 2.24) is 19.2 Å². The molecule has 0 bridgehead atoms. The van der Waals surface area contributed by atoms with Crippen LogP contribution in [0.25, 0.3) is 5.65 Å². The number of ether oxygens (including phenoxy) is 1. The van der Waals surface area contributed by atoms with Gasteiger partial charge in [-0.3, -0.25) is 9.59 Å². The van der Waals surface area contributed by atoms with Gasteiger partial charge in [0.1, 0.15) is 12.3 Å². The third-order valence-corrected chi connectivity index (χ3v) is 4.00. The maximum atomic E-state index is 12.4. The fourth-order valence-corrected chi connectivity index (χ4v) is 2.76. The highest BCUT2D eigenvalue weighted by Gasteiger charge is 2.24. The molecule has 3 heterocycles. The number of pyridine rings is 1. The van der Waals surface area contributed by atoms with Gasteiger partial charge in [-0.15, -0.1) is 0 Å². The first kappa shape index (κ1) is 15.5. The Hall–Kier alpha value is -2.41. The Morgan fingerprint density at radius 1 is 1.13 bits per heavy atom. The topological polar surface area (TPSA) is 67.2 Å². The molecule has 0 radical (unpaired) electrons. The van der Waals surface area contributed by atoms with Crippen molar-refractivity contribution in [2.24, 2.45) is 0 Å². The summed E-state index contributed by atoms with van der Waals surface area (Å²) in [6, 6.07) is 5.76. The van der Waals surface area contributed by atoms with Crippen molar-refractivity contribution in [3.8, 4) is 0 Å². The molecule has 1 aliphatic heterocycles. The van der Waals surface area contributed by atoms with Gasteiger partial charge in [-0.25, -0.2) is 4.98 Å². The van der Waals surface area contributed by atoms with Crippen molar-refractivity contribution in [3.05, 3.63) is 36.3 Å². The molecule has 7 nitrogen and oxygen atoms in total. The Kier molecular flexibility index (Phi) is 4.57. The lowest BCUT2D eigenvalue weighted by atomic mass is 10.2. The van der Waals surface area contributed by atoms with Crippen LogP contribution in [0.1, 0.15) is 5.69 Å². The predicted molar refractivity (Wildman–Crippen MR) is 83.9 cm³/mol. The summed E-state index contributed by atoms with van der Waals surface area (Å²) >= 11 is 0. The first-order chi connectivity index (χ1) is 11.2. The molecule has 2 amide bonds. The number of piperazine rings is 1. The molecule has 122 valence electrons. The van der Waals surface area contributed by atoms with Crippen molar-refractivity contribution < 1.29 is 14.3 Å². The molecule has 7 heteroatoms. The Morgan fingerprint density at radius 2 is 1.83 bits per heavy atom. The molecule has 0 aromatic carbocycles. The van der Waals surface area contributed by atoms with Crippen LogP contribution in [0.2, 0.25) is 0 Å². The SMILES string of the molecule is COCC(=O)N1CCN(C(=O)Cc2cn3ccccc3n2)CC1. The molecule has 1 aliphatic rings. The van der Waals surface area contributed by atoms with E-state index in [2.05, 4.69) is 4.98 Å². The molecule has 0 N–H and O–H groups in total. The molecule has 0 unspecified atom stereocenters. The van der Waals surface area contributed by atoms with E-state index in [-0.39, 0.29) is 24.8 Å². The zero-order valence-corrected chi connectivity index (χ0v) is 13.1. The number of fused-ring (bicyclic) bond motifs is 1. The number of nitrogens with zero attached hydrogens (tertiary/aromatic N) is 4. The number of methoxy groups -OCH3 is 1. The van der Waals surface area contributed by atoms with E-state index >= 15 is 0 Å². The first-order valence-corrected chi connectivity index (χ1v) is 7.64. The van der Waals surface area contributed by atoms with E-state index in [0.717, 1.165) is 11.3 Å². The second kappa shape index (κ2) is 6.78. The van der Waals surface area contributed by atoms with Crippen LogP contribution < -0.4 is 0 Å². The third-order valence-electron chi connectivity index (χ3n) is 4.00. The molecule has 0 aliphatic carbocycles. The zero-order valence-electron chi connectivity index (χ0n) is 13.1. The summed E-state index contributed by atoms with van der Waals surface area (Å²) in [4.78, 5) is 32.1. The van der Waals surface area contributed by atoms with E-state index in [1.165, 1.54) is 7.11 Å². The number of rotatable bonds is 4. The average molecular weight is 316 g/mol. The van der Waals surface area contributed by atoms with Gasteiger partial charge < -0.3 is 18.9 Å². The van der Waals surface area contributed by atoms with Gasteiger partial charge in [0.2, 0.25) is 11.8 Å². The molecular weight excluding hydrogens is 296 g/mol. The number of carbonyl (C=O) groups excluding carboxylic acids is 2. The maximum absolute atomic E-state index is 12.4. The lowest BCUT2D eigenvalue weighted by Crippen LogP contribution is -2.51. The predicted octanol–water partition coefficient (Wildman–Crippen LogP) is 0.194. The van der Waals surface area contributed by atoms with Crippen molar-refractivity contribution in [1.29, 1.82) is 0 Å². The maximum Gasteiger partial charge on any atom is 0.248 e. The summed E-state index contributed by atoms with van der Waals surface area (Å²) in [5.41, 5.74) is 1.60. The van der Waals surface area contributed by atoms with E-state index in [0.29, 0.717) is 26.2 Å². The molecule has 0 atom stereocenters. The summed E-state index contributed by atoms with van der Waals surface area (Å²) in [6.07, 6.45) is 4.08. The van der Waals surface area contributed by atoms with E-state index < -0.39 is 0 Å². The smallest absolute Gasteiger partial charge is 0.248 e. The van der Waals surface area contributed by atoms with Gasteiger partial charge in [0.05, 0.1) is 12.1 Å². The van der Waals surface area contributed by atoms with Gasteiger partial charge in [0.15, 0.2) is 0 Å². The normalized spacial score (nSPS) is 15.2. The van der Waals surface area contributed by atoms with Crippen molar-refractivity contribution in [2.75, 3.05) is 39.9 Å². The Morgan fingerprint density at radius 3 is 2.48 bits per heavy atom. The van der Waals surface area contributed by atoms with Crippen molar-refractivity contribution in [3.63, 3.8) is 0 Å². The highest BCUT2D eigenvalue weighted by atomic mass is 16.5. The summed E-state index contributed by atoms with van der Waals surface area (Å²) in [7, 11) is 1.51. The molecule has 2 aromatic heterocycles. The van der Waals surface area contributed by atoms with Gasteiger partial charge in [-0.2, -0.15) is 0 Å². The zero-order chi connectivity index (χ0) is 16.2. The van der Waals surface area contributed by atoms with Crippen LogP contribution in [-0.2, 0) is 20.7 Å². The number of hydrogen-bond acceptors (Lipinski definition) is 4. The molecule has 23 heavy (non-hydrogen) atoms. The third kappa shape index (κ3) is 3.50. The lowest BCUT2D eigenvalue weighted by Gasteiger charge is -2.34. The molecule has 0 saturated carbocycles. The second-order valence-corrected chi connectivity index (χ2v) is 5.57. The van der Waals surface area contributed by atoms with Gasteiger partial charge >= 0.3 is 0 Å². The van der Waals surface area contributed by atoms with Crippen LogP contribution in [0.15, 0.2) is 30.6 Å². The first-order valence-electron chi connectivity index (χ1n) is 7.64. The van der Waals surface area contributed by atoms with Crippen LogP contribution >= 0.6 is 0 Å². The second-order valence-electron chi connectivity index (χ2n) is 5.57. The minimum absolute atomic E-state index is 0.0278. The average Bonchev–Trinajstić information content (AvgIpc) is 2.97.